The number of halogens is 2. The zero-order valence-corrected chi connectivity index (χ0v) is 15.1. The molecule has 4 heteroatoms. The Kier molecular flexibility index (Phi) is 5.12. The van der Waals surface area contributed by atoms with Gasteiger partial charge in [0.25, 0.3) is 0 Å². The van der Waals surface area contributed by atoms with Crippen molar-refractivity contribution in [2.45, 2.75) is 52.6 Å². The SMILES string of the molecule is CCC1(C)CN(c2cc(Cl)c(C)cc2Cl)C(C(C)C)CN1. The molecule has 0 aliphatic carbocycles. The van der Waals surface area contributed by atoms with Gasteiger partial charge in [0, 0.05) is 29.7 Å². The highest BCUT2D eigenvalue weighted by molar-refractivity contribution is 6.35. The Balaban J connectivity index is 2.43. The van der Waals surface area contributed by atoms with Crippen molar-refractivity contribution in [3.05, 3.63) is 27.7 Å². The van der Waals surface area contributed by atoms with Gasteiger partial charge in [-0.25, -0.2) is 0 Å². The van der Waals surface area contributed by atoms with E-state index >= 15 is 0 Å². The monoisotopic (exact) mass is 328 g/mol. The minimum absolute atomic E-state index is 0.117. The molecule has 1 aliphatic rings. The lowest BCUT2D eigenvalue weighted by Gasteiger charge is -2.49. The van der Waals surface area contributed by atoms with Gasteiger partial charge in [0.05, 0.1) is 10.7 Å². The molecule has 2 atom stereocenters. The maximum atomic E-state index is 6.52. The van der Waals surface area contributed by atoms with Gasteiger partial charge in [-0.3, -0.25) is 0 Å². The molecule has 0 amide bonds. The zero-order valence-electron chi connectivity index (χ0n) is 13.6. The zero-order chi connectivity index (χ0) is 15.8. The minimum atomic E-state index is 0.117. The number of aryl methyl sites for hydroxylation is 1. The summed E-state index contributed by atoms with van der Waals surface area (Å²) in [5, 5.41) is 5.28. The first-order chi connectivity index (χ1) is 9.77. The van der Waals surface area contributed by atoms with E-state index in [9.17, 15) is 0 Å². The summed E-state index contributed by atoms with van der Waals surface area (Å²) in [6, 6.07) is 4.43. The predicted molar refractivity (Wildman–Crippen MR) is 93.9 cm³/mol. The highest BCUT2D eigenvalue weighted by Crippen LogP contribution is 2.36. The van der Waals surface area contributed by atoms with E-state index in [-0.39, 0.29) is 5.54 Å². The lowest BCUT2D eigenvalue weighted by atomic mass is 9.89. The lowest BCUT2D eigenvalue weighted by Crippen LogP contribution is -2.64. The fourth-order valence-electron chi connectivity index (χ4n) is 2.96. The summed E-state index contributed by atoms with van der Waals surface area (Å²) in [7, 11) is 0. The fraction of sp³-hybridized carbons (Fsp3) is 0.647. The Hall–Kier alpha value is -0.440. The molecule has 1 aliphatic heterocycles. The van der Waals surface area contributed by atoms with Crippen molar-refractivity contribution in [1.82, 2.24) is 5.32 Å². The number of rotatable bonds is 3. The third-order valence-corrected chi connectivity index (χ3v) is 5.45. The molecule has 1 heterocycles. The first-order valence-corrected chi connectivity index (χ1v) is 8.50. The van der Waals surface area contributed by atoms with Crippen LogP contribution in [0.5, 0.6) is 0 Å². The summed E-state index contributed by atoms with van der Waals surface area (Å²) in [5.41, 5.74) is 2.21. The van der Waals surface area contributed by atoms with E-state index < -0.39 is 0 Å². The molecule has 21 heavy (non-hydrogen) atoms. The largest absolute Gasteiger partial charge is 0.364 e. The summed E-state index contributed by atoms with van der Waals surface area (Å²) < 4.78 is 0. The summed E-state index contributed by atoms with van der Waals surface area (Å²) in [5.74, 6) is 0.551. The maximum absolute atomic E-state index is 6.52. The van der Waals surface area contributed by atoms with Crippen LogP contribution in [-0.4, -0.2) is 24.7 Å². The average Bonchev–Trinajstić information content (AvgIpc) is 2.42. The van der Waals surface area contributed by atoms with Crippen LogP contribution in [0.2, 0.25) is 10.0 Å². The smallest absolute Gasteiger partial charge is 0.0643 e. The number of hydrogen-bond donors (Lipinski definition) is 1. The normalized spacial score (nSPS) is 26.5. The van der Waals surface area contributed by atoms with Gasteiger partial charge >= 0.3 is 0 Å². The Morgan fingerprint density at radius 2 is 2.00 bits per heavy atom. The van der Waals surface area contributed by atoms with Crippen molar-refractivity contribution >= 4 is 28.9 Å². The second-order valence-electron chi connectivity index (χ2n) is 6.79. The first-order valence-electron chi connectivity index (χ1n) is 7.74. The van der Waals surface area contributed by atoms with Crippen LogP contribution in [0.4, 0.5) is 5.69 Å². The van der Waals surface area contributed by atoms with Gasteiger partial charge < -0.3 is 10.2 Å². The average molecular weight is 329 g/mol. The van der Waals surface area contributed by atoms with E-state index in [0.717, 1.165) is 40.8 Å². The fourth-order valence-corrected chi connectivity index (χ4v) is 3.45. The molecule has 0 aromatic heterocycles. The number of nitrogens with one attached hydrogen (secondary N) is 1. The summed E-state index contributed by atoms with van der Waals surface area (Å²) in [6.07, 6.45) is 1.09. The van der Waals surface area contributed by atoms with E-state index in [4.69, 9.17) is 23.2 Å². The van der Waals surface area contributed by atoms with E-state index in [2.05, 4.69) is 37.9 Å². The number of hydrogen-bond acceptors (Lipinski definition) is 2. The van der Waals surface area contributed by atoms with Gasteiger partial charge in [-0.15, -0.1) is 0 Å². The predicted octanol–water partition coefficient (Wildman–Crippen LogP) is 4.90. The number of piperazine rings is 1. The summed E-state index contributed by atoms with van der Waals surface area (Å²) >= 11 is 12.9. The van der Waals surface area contributed by atoms with Gasteiger partial charge in [0.15, 0.2) is 0 Å². The van der Waals surface area contributed by atoms with E-state index in [1.54, 1.807) is 0 Å². The molecule has 1 saturated heterocycles. The Morgan fingerprint density at radius 1 is 1.33 bits per heavy atom. The number of anilines is 1. The second kappa shape index (κ2) is 6.36. The van der Waals surface area contributed by atoms with Crippen molar-refractivity contribution in [3.8, 4) is 0 Å². The van der Waals surface area contributed by atoms with Crippen LogP contribution in [0, 0.1) is 12.8 Å². The Labute approximate surface area is 138 Å². The standard InChI is InChI=1S/C17H26Cl2N2/c1-6-17(5)10-21(16(9-20-17)11(2)3)15-8-13(18)12(4)7-14(15)19/h7-8,11,16,20H,6,9-10H2,1-5H3. The molecule has 2 nitrogen and oxygen atoms in total. The third kappa shape index (κ3) is 3.49. The molecule has 0 spiro atoms. The minimum Gasteiger partial charge on any atom is -0.364 e. The highest BCUT2D eigenvalue weighted by Gasteiger charge is 2.36. The molecule has 1 aromatic carbocycles. The summed E-state index contributed by atoms with van der Waals surface area (Å²) in [4.78, 5) is 2.44. The van der Waals surface area contributed by atoms with Crippen molar-refractivity contribution in [3.63, 3.8) is 0 Å². The van der Waals surface area contributed by atoms with Crippen LogP contribution in [0.3, 0.4) is 0 Å². The molecule has 1 fully saturated rings. The van der Waals surface area contributed by atoms with Crippen molar-refractivity contribution < 1.29 is 0 Å². The van der Waals surface area contributed by atoms with Gasteiger partial charge in [0.1, 0.15) is 0 Å². The van der Waals surface area contributed by atoms with Crippen LogP contribution in [0.25, 0.3) is 0 Å². The molecule has 2 rings (SSSR count). The lowest BCUT2D eigenvalue weighted by molar-refractivity contribution is 0.253. The van der Waals surface area contributed by atoms with E-state index in [0.29, 0.717) is 12.0 Å². The molecular formula is C17H26Cl2N2. The third-order valence-electron chi connectivity index (χ3n) is 4.75. The molecule has 1 aromatic rings. The van der Waals surface area contributed by atoms with Gasteiger partial charge in [-0.1, -0.05) is 44.0 Å². The van der Waals surface area contributed by atoms with Gasteiger partial charge in [0.2, 0.25) is 0 Å². The van der Waals surface area contributed by atoms with Gasteiger partial charge in [-0.2, -0.15) is 0 Å². The molecule has 1 N–H and O–H groups in total. The Bertz CT molecular complexity index is 516. The molecule has 118 valence electrons. The summed E-state index contributed by atoms with van der Waals surface area (Å²) in [6.45, 7) is 12.9. The van der Waals surface area contributed by atoms with Crippen LogP contribution in [0.1, 0.15) is 39.7 Å². The first kappa shape index (κ1) is 16.9. The molecule has 0 saturated carbocycles. The van der Waals surface area contributed by atoms with Crippen molar-refractivity contribution in [2.75, 3.05) is 18.0 Å². The highest BCUT2D eigenvalue weighted by atomic mass is 35.5. The van der Waals surface area contributed by atoms with Crippen LogP contribution in [0.15, 0.2) is 12.1 Å². The van der Waals surface area contributed by atoms with Crippen LogP contribution < -0.4 is 10.2 Å². The number of nitrogens with zero attached hydrogens (tertiary/aromatic N) is 1. The quantitative estimate of drug-likeness (QED) is 0.848. The molecule has 0 radical (unpaired) electrons. The Morgan fingerprint density at radius 3 is 2.57 bits per heavy atom. The van der Waals surface area contributed by atoms with E-state index in [1.807, 2.05) is 19.1 Å². The molecule has 2 unspecified atom stereocenters. The van der Waals surface area contributed by atoms with Gasteiger partial charge in [-0.05, 0) is 43.9 Å². The van der Waals surface area contributed by atoms with Crippen LogP contribution >= 0.6 is 23.2 Å². The molecular weight excluding hydrogens is 303 g/mol. The van der Waals surface area contributed by atoms with Crippen LogP contribution in [-0.2, 0) is 0 Å². The second-order valence-corrected chi connectivity index (χ2v) is 7.60. The van der Waals surface area contributed by atoms with Crippen molar-refractivity contribution in [2.24, 2.45) is 5.92 Å². The van der Waals surface area contributed by atoms with Crippen molar-refractivity contribution in [1.29, 1.82) is 0 Å². The topological polar surface area (TPSA) is 15.3 Å². The maximum Gasteiger partial charge on any atom is 0.0643 e. The molecule has 0 bridgehead atoms. The number of benzene rings is 1. The van der Waals surface area contributed by atoms with E-state index in [1.165, 1.54) is 0 Å².